The van der Waals surface area contributed by atoms with E-state index in [1.54, 1.807) is 25.1 Å². The van der Waals surface area contributed by atoms with Crippen LogP contribution in [-0.2, 0) is 10.5 Å². The molecule has 0 aliphatic rings. The van der Waals surface area contributed by atoms with E-state index in [1.807, 2.05) is 38.1 Å². The molecule has 1 heterocycles. The summed E-state index contributed by atoms with van der Waals surface area (Å²) in [7, 11) is 1.63. The van der Waals surface area contributed by atoms with Crippen molar-refractivity contribution in [1.29, 1.82) is 0 Å². The number of ether oxygens (including phenoxy) is 1. The lowest BCUT2D eigenvalue weighted by Crippen LogP contribution is -2.24. The quantitative estimate of drug-likeness (QED) is 0.790. The summed E-state index contributed by atoms with van der Waals surface area (Å²) in [6.07, 6.45) is 1.70. The van der Waals surface area contributed by atoms with Crippen molar-refractivity contribution in [3.63, 3.8) is 0 Å². The van der Waals surface area contributed by atoms with Crippen molar-refractivity contribution in [3.8, 4) is 5.75 Å². The molecule has 118 valence electrons. The van der Waals surface area contributed by atoms with Gasteiger partial charge in [0.15, 0.2) is 6.04 Å². The Morgan fingerprint density at radius 3 is 2.86 bits per heavy atom. The molecule has 22 heavy (non-hydrogen) atoms. The summed E-state index contributed by atoms with van der Waals surface area (Å²) in [5, 5.41) is 17.3. The van der Waals surface area contributed by atoms with Crippen LogP contribution in [0.1, 0.15) is 25.6 Å². The van der Waals surface area contributed by atoms with Crippen LogP contribution in [0.15, 0.2) is 35.4 Å². The number of hydrogen-bond donors (Lipinski definition) is 1. The highest BCUT2D eigenvalue weighted by atomic mass is 32.2. The summed E-state index contributed by atoms with van der Waals surface area (Å²) in [4.78, 5) is 12.4. The van der Waals surface area contributed by atoms with Crippen molar-refractivity contribution in [1.82, 2.24) is 15.0 Å². The lowest BCUT2D eigenvalue weighted by molar-refractivity contribution is -0.142. The molecule has 1 atom stereocenters. The molecule has 6 nitrogen and oxygen atoms in total. The zero-order valence-electron chi connectivity index (χ0n) is 12.8. The number of aliphatic carboxylic acids is 1. The lowest BCUT2D eigenvalue weighted by Gasteiger charge is -2.15. The van der Waals surface area contributed by atoms with Gasteiger partial charge in [-0.05, 0) is 24.1 Å². The van der Waals surface area contributed by atoms with E-state index in [-0.39, 0.29) is 5.92 Å². The van der Waals surface area contributed by atoms with Gasteiger partial charge in [0.2, 0.25) is 0 Å². The van der Waals surface area contributed by atoms with Gasteiger partial charge in [-0.25, -0.2) is 9.48 Å². The van der Waals surface area contributed by atoms with Crippen molar-refractivity contribution in [2.75, 3.05) is 7.11 Å². The van der Waals surface area contributed by atoms with Crippen molar-refractivity contribution in [3.05, 3.63) is 36.2 Å². The highest BCUT2D eigenvalue weighted by molar-refractivity contribution is 7.98. The molecule has 0 bridgehead atoms. The van der Waals surface area contributed by atoms with Crippen LogP contribution in [0.4, 0.5) is 0 Å². The fraction of sp³-hybridized carbons (Fsp3) is 0.400. The summed E-state index contributed by atoms with van der Waals surface area (Å²) >= 11 is 1.60. The van der Waals surface area contributed by atoms with Gasteiger partial charge >= 0.3 is 5.97 Å². The number of carboxylic acids is 1. The zero-order chi connectivity index (χ0) is 16.1. The highest BCUT2D eigenvalue weighted by Gasteiger charge is 2.24. The summed E-state index contributed by atoms with van der Waals surface area (Å²) in [5.74, 6) is 0.474. The maximum Gasteiger partial charge on any atom is 0.328 e. The molecule has 2 aromatic rings. The second-order valence-electron chi connectivity index (χ2n) is 5.18. The molecule has 7 heteroatoms. The molecule has 0 aliphatic heterocycles. The van der Waals surface area contributed by atoms with E-state index in [0.717, 1.165) is 16.3 Å². The van der Waals surface area contributed by atoms with Gasteiger partial charge < -0.3 is 9.84 Å². The van der Waals surface area contributed by atoms with Gasteiger partial charge in [0.1, 0.15) is 5.75 Å². The normalized spacial score (nSPS) is 12.4. The first-order valence-electron chi connectivity index (χ1n) is 6.91. The largest absolute Gasteiger partial charge is 0.497 e. The van der Waals surface area contributed by atoms with Crippen LogP contribution in [0.2, 0.25) is 0 Å². The van der Waals surface area contributed by atoms with Crippen LogP contribution < -0.4 is 4.74 Å². The first-order chi connectivity index (χ1) is 10.5. The first-order valence-corrected chi connectivity index (χ1v) is 7.90. The summed E-state index contributed by atoms with van der Waals surface area (Å²) < 4.78 is 6.61. The molecule has 0 fully saturated rings. The summed E-state index contributed by atoms with van der Waals surface area (Å²) in [6, 6.07) is 7.07. The monoisotopic (exact) mass is 321 g/mol. The predicted molar refractivity (Wildman–Crippen MR) is 84.1 cm³/mol. The van der Waals surface area contributed by atoms with Crippen LogP contribution in [0.25, 0.3) is 0 Å². The number of hydrogen-bond acceptors (Lipinski definition) is 5. The van der Waals surface area contributed by atoms with Gasteiger partial charge in [0.05, 0.1) is 19.0 Å². The molecule has 0 saturated carbocycles. The number of nitrogens with zero attached hydrogens (tertiary/aromatic N) is 3. The minimum absolute atomic E-state index is 0.0573. The van der Waals surface area contributed by atoms with Gasteiger partial charge in [0.25, 0.3) is 0 Å². The van der Waals surface area contributed by atoms with E-state index in [4.69, 9.17) is 4.74 Å². The number of carbonyl (C=O) groups is 1. The number of methoxy groups -OCH3 is 1. The number of benzene rings is 1. The fourth-order valence-corrected chi connectivity index (χ4v) is 2.89. The average molecular weight is 321 g/mol. The van der Waals surface area contributed by atoms with Crippen molar-refractivity contribution >= 4 is 17.7 Å². The third-order valence-electron chi connectivity index (χ3n) is 3.16. The Kier molecular flexibility index (Phi) is 5.43. The van der Waals surface area contributed by atoms with E-state index < -0.39 is 12.0 Å². The Labute approximate surface area is 133 Å². The maximum atomic E-state index is 11.3. The molecule has 0 spiro atoms. The van der Waals surface area contributed by atoms with E-state index in [1.165, 1.54) is 4.68 Å². The average Bonchev–Trinajstić information content (AvgIpc) is 2.93. The molecule has 0 amide bonds. The number of rotatable bonds is 7. The first kappa shape index (κ1) is 16.4. The molecular weight excluding hydrogens is 302 g/mol. The van der Waals surface area contributed by atoms with Crippen molar-refractivity contribution < 1.29 is 14.6 Å². The third kappa shape index (κ3) is 4.00. The van der Waals surface area contributed by atoms with Crippen molar-refractivity contribution in [2.45, 2.75) is 30.5 Å². The number of thioether (sulfide) groups is 1. The predicted octanol–water partition coefficient (Wildman–Crippen LogP) is 2.86. The molecule has 1 unspecified atom stereocenters. The Hall–Kier alpha value is -2.02. The highest BCUT2D eigenvalue weighted by Crippen LogP contribution is 2.26. The van der Waals surface area contributed by atoms with Gasteiger partial charge in [-0.15, -0.1) is 16.9 Å². The number of aromatic nitrogens is 3. The van der Waals surface area contributed by atoms with Gasteiger partial charge in [-0.1, -0.05) is 25.1 Å². The van der Waals surface area contributed by atoms with Crippen LogP contribution in [0.3, 0.4) is 0 Å². The van der Waals surface area contributed by atoms with Gasteiger partial charge in [-0.2, -0.15) is 0 Å². The SMILES string of the molecule is COc1cccc(SCc2cn(C(C(=O)O)C(C)C)nn2)c1. The Morgan fingerprint density at radius 1 is 1.45 bits per heavy atom. The zero-order valence-corrected chi connectivity index (χ0v) is 13.6. The van der Waals surface area contributed by atoms with E-state index in [9.17, 15) is 9.90 Å². The summed E-state index contributed by atoms with van der Waals surface area (Å²) in [5.41, 5.74) is 0.750. The Bertz CT molecular complexity index is 642. The standard InChI is InChI=1S/C15H19N3O3S/c1-10(2)14(15(19)20)18-8-11(16-17-18)9-22-13-6-4-5-12(7-13)21-3/h4-8,10,14H,9H2,1-3H3,(H,19,20). The smallest absolute Gasteiger partial charge is 0.328 e. The molecular formula is C15H19N3O3S. The fourth-order valence-electron chi connectivity index (χ4n) is 2.07. The van der Waals surface area contributed by atoms with E-state index >= 15 is 0 Å². The van der Waals surface area contributed by atoms with Crippen molar-refractivity contribution in [2.24, 2.45) is 5.92 Å². The molecule has 1 aromatic heterocycles. The molecule has 1 N–H and O–H groups in total. The Morgan fingerprint density at radius 2 is 2.23 bits per heavy atom. The van der Waals surface area contributed by atoms with Gasteiger partial charge in [-0.3, -0.25) is 0 Å². The molecule has 0 aliphatic carbocycles. The lowest BCUT2D eigenvalue weighted by atomic mass is 10.1. The van der Waals surface area contributed by atoms with E-state index in [0.29, 0.717) is 5.75 Å². The number of carboxylic acid groups (broad SMARTS) is 1. The second kappa shape index (κ2) is 7.31. The second-order valence-corrected chi connectivity index (χ2v) is 6.23. The van der Waals surface area contributed by atoms with Crippen LogP contribution in [0.5, 0.6) is 5.75 Å². The topological polar surface area (TPSA) is 77.2 Å². The van der Waals surface area contributed by atoms with Crippen LogP contribution in [-0.4, -0.2) is 33.2 Å². The molecule has 2 rings (SSSR count). The minimum Gasteiger partial charge on any atom is -0.497 e. The van der Waals surface area contributed by atoms with E-state index in [2.05, 4.69) is 10.3 Å². The minimum atomic E-state index is -0.896. The maximum absolute atomic E-state index is 11.3. The third-order valence-corrected chi connectivity index (χ3v) is 4.18. The Balaban J connectivity index is 2.04. The van der Waals surface area contributed by atoms with Gasteiger partial charge in [0, 0.05) is 10.6 Å². The molecule has 0 saturated heterocycles. The molecule has 1 aromatic carbocycles. The van der Waals surface area contributed by atoms with Crippen LogP contribution in [0, 0.1) is 5.92 Å². The van der Waals surface area contributed by atoms with Crippen LogP contribution >= 0.6 is 11.8 Å². The summed E-state index contributed by atoms with van der Waals surface area (Å²) in [6.45, 7) is 3.70. The molecule has 0 radical (unpaired) electrons.